The van der Waals surface area contributed by atoms with Crippen LogP contribution in [-0.2, 0) is 28.7 Å². The summed E-state index contributed by atoms with van der Waals surface area (Å²) in [4.78, 5) is 27.6. The Kier molecular flexibility index (Phi) is 7.67. The summed E-state index contributed by atoms with van der Waals surface area (Å²) < 4.78 is 50.4. The van der Waals surface area contributed by atoms with E-state index < -0.39 is 11.7 Å². The topological polar surface area (TPSA) is 81.4 Å². The van der Waals surface area contributed by atoms with E-state index in [1.165, 1.54) is 12.1 Å². The van der Waals surface area contributed by atoms with Gasteiger partial charge < -0.3 is 9.15 Å². The van der Waals surface area contributed by atoms with Crippen LogP contribution in [0.1, 0.15) is 62.5 Å². The lowest BCUT2D eigenvalue weighted by Crippen LogP contribution is -2.26. The quantitative estimate of drug-likeness (QED) is 0.474. The first-order chi connectivity index (χ1) is 16.2. The van der Waals surface area contributed by atoms with Crippen molar-refractivity contribution in [3.8, 4) is 11.5 Å². The van der Waals surface area contributed by atoms with Crippen molar-refractivity contribution in [3.63, 3.8) is 0 Å². The molecule has 3 unspecified atom stereocenters. The molecule has 2 fully saturated rings. The zero-order valence-electron chi connectivity index (χ0n) is 18.8. The Morgan fingerprint density at radius 3 is 2.59 bits per heavy atom. The molecule has 0 radical (unpaired) electrons. The van der Waals surface area contributed by atoms with E-state index in [4.69, 9.17) is 9.15 Å². The van der Waals surface area contributed by atoms with Gasteiger partial charge in [0.1, 0.15) is 11.5 Å². The number of alkyl halides is 3. The van der Waals surface area contributed by atoms with Crippen molar-refractivity contribution >= 4 is 22.9 Å². The van der Waals surface area contributed by atoms with Gasteiger partial charge in [0.25, 0.3) is 5.24 Å². The van der Waals surface area contributed by atoms with Crippen molar-refractivity contribution in [2.45, 2.75) is 76.0 Å². The molecular formula is C24H27F3N2O4S. The number of aryl methyl sites for hydroxylation is 1. The Labute approximate surface area is 200 Å². The zero-order chi connectivity index (χ0) is 24.3. The van der Waals surface area contributed by atoms with Crippen molar-refractivity contribution in [1.82, 2.24) is 10.3 Å². The molecule has 3 atom stereocenters. The number of rotatable bonds is 8. The summed E-state index contributed by atoms with van der Waals surface area (Å²) >= 11 is 1.07. The number of carbonyl (C=O) groups excluding carboxylic acids is 2. The summed E-state index contributed by atoms with van der Waals surface area (Å²) in [6, 6.07) is 4.77. The van der Waals surface area contributed by atoms with Gasteiger partial charge in [-0.3, -0.25) is 14.9 Å². The highest BCUT2D eigenvalue weighted by Gasteiger charge is 2.33. The van der Waals surface area contributed by atoms with Gasteiger partial charge in [-0.25, -0.2) is 4.98 Å². The summed E-state index contributed by atoms with van der Waals surface area (Å²) in [5.74, 6) is 1.19. The highest BCUT2D eigenvalue weighted by Crippen LogP contribution is 2.34. The second kappa shape index (κ2) is 10.5. The third-order valence-corrected chi connectivity index (χ3v) is 7.40. The van der Waals surface area contributed by atoms with Crippen LogP contribution >= 0.6 is 11.8 Å². The third-order valence-electron chi connectivity index (χ3n) is 6.35. The van der Waals surface area contributed by atoms with Crippen LogP contribution in [0, 0.1) is 5.92 Å². The van der Waals surface area contributed by atoms with Crippen LogP contribution in [0.3, 0.4) is 0 Å². The lowest BCUT2D eigenvalue weighted by molar-refractivity contribution is -0.137. The number of hydrogen-bond donors (Lipinski definition) is 1. The summed E-state index contributed by atoms with van der Waals surface area (Å²) in [7, 11) is 0. The number of imide groups is 1. The predicted octanol–water partition coefficient (Wildman–Crippen LogP) is 6.13. The summed E-state index contributed by atoms with van der Waals surface area (Å²) in [5.41, 5.74) is 0.434. The lowest BCUT2D eigenvalue weighted by atomic mass is 9.84. The van der Waals surface area contributed by atoms with Crippen molar-refractivity contribution in [2.24, 2.45) is 5.92 Å². The molecule has 1 saturated heterocycles. The smallest absolute Gasteiger partial charge is 0.416 e. The van der Waals surface area contributed by atoms with Crippen LogP contribution in [0.4, 0.5) is 18.0 Å². The second-order valence-electron chi connectivity index (χ2n) is 8.74. The molecule has 2 amide bonds. The molecule has 6 nitrogen and oxygen atoms in total. The van der Waals surface area contributed by atoms with E-state index in [1.807, 2.05) is 6.92 Å². The van der Waals surface area contributed by atoms with E-state index in [1.54, 1.807) is 0 Å². The van der Waals surface area contributed by atoms with Crippen LogP contribution in [0.25, 0.3) is 11.5 Å². The maximum Gasteiger partial charge on any atom is 0.416 e. The highest BCUT2D eigenvalue weighted by molar-refractivity contribution is 8.15. The SMILES string of the molecule is CCc1oc(-c2ccc(C(F)(F)F)cc2)nc1COC1CCCC(CCC2SC(=O)NC2=O)C1. The van der Waals surface area contributed by atoms with Crippen molar-refractivity contribution in [2.75, 3.05) is 0 Å². The fourth-order valence-electron chi connectivity index (χ4n) is 4.52. The van der Waals surface area contributed by atoms with Gasteiger partial charge in [-0.1, -0.05) is 31.5 Å². The Balaban J connectivity index is 1.32. The molecule has 10 heteroatoms. The van der Waals surface area contributed by atoms with Crippen LogP contribution in [0.15, 0.2) is 28.7 Å². The maximum absolute atomic E-state index is 12.8. The second-order valence-corrected chi connectivity index (χ2v) is 9.92. The molecule has 2 aliphatic rings. The summed E-state index contributed by atoms with van der Waals surface area (Å²) in [5, 5.41) is 1.77. The number of hydrogen-bond acceptors (Lipinski definition) is 6. The molecule has 1 aliphatic heterocycles. The lowest BCUT2D eigenvalue weighted by Gasteiger charge is -2.29. The number of carbonyl (C=O) groups is 2. The third kappa shape index (κ3) is 6.02. The predicted molar refractivity (Wildman–Crippen MR) is 121 cm³/mol. The average Bonchev–Trinajstić information content (AvgIpc) is 3.37. The fraction of sp³-hybridized carbons (Fsp3) is 0.542. The van der Waals surface area contributed by atoms with Gasteiger partial charge in [0.15, 0.2) is 0 Å². The van der Waals surface area contributed by atoms with Gasteiger partial charge in [-0.15, -0.1) is 0 Å². The van der Waals surface area contributed by atoms with Crippen LogP contribution in [0.5, 0.6) is 0 Å². The van der Waals surface area contributed by atoms with E-state index >= 15 is 0 Å². The largest absolute Gasteiger partial charge is 0.441 e. The number of nitrogens with one attached hydrogen (secondary N) is 1. The number of benzene rings is 1. The van der Waals surface area contributed by atoms with E-state index in [0.29, 0.717) is 35.8 Å². The minimum absolute atomic E-state index is 0.0707. The minimum atomic E-state index is -4.39. The van der Waals surface area contributed by atoms with Gasteiger partial charge in [0, 0.05) is 12.0 Å². The van der Waals surface area contributed by atoms with Crippen LogP contribution in [-0.4, -0.2) is 27.5 Å². The van der Waals surface area contributed by atoms with E-state index in [2.05, 4.69) is 10.3 Å². The molecule has 2 heterocycles. The van der Waals surface area contributed by atoms with Crippen molar-refractivity contribution < 1.29 is 31.9 Å². The molecule has 2 aromatic rings. The Hall–Kier alpha value is -2.33. The maximum atomic E-state index is 12.8. The Morgan fingerprint density at radius 1 is 1.18 bits per heavy atom. The molecular weight excluding hydrogens is 469 g/mol. The first-order valence-electron chi connectivity index (χ1n) is 11.5. The molecule has 184 valence electrons. The molecule has 1 aromatic carbocycles. The molecule has 1 aromatic heterocycles. The van der Waals surface area contributed by atoms with Gasteiger partial charge >= 0.3 is 6.18 Å². The molecule has 34 heavy (non-hydrogen) atoms. The number of amides is 2. The Morgan fingerprint density at radius 2 is 1.94 bits per heavy atom. The average molecular weight is 497 g/mol. The monoisotopic (exact) mass is 496 g/mol. The number of ether oxygens (including phenoxy) is 1. The number of nitrogens with zero attached hydrogens (tertiary/aromatic N) is 1. The van der Waals surface area contributed by atoms with E-state index in [0.717, 1.165) is 56.0 Å². The zero-order valence-corrected chi connectivity index (χ0v) is 19.6. The molecule has 1 aliphatic carbocycles. The van der Waals surface area contributed by atoms with Crippen LogP contribution < -0.4 is 5.32 Å². The summed E-state index contributed by atoms with van der Waals surface area (Å²) in [6.07, 6.45) is 1.78. The van der Waals surface area contributed by atoms with E-state index in [9.17, 15) is 22.8 Å². The normalized spacial score (nSPS) is 23.4. The standard InChI is InChI=1S/C24H27F3N2O4S/c1-2-19-18(28-22(33-19)15-7-9-16(10-8-15)24(25,26)27)13-32-17-5-3-4-14(12-17)6-11-20-21(30)29-23(31)34-20/h7-10,14,17,20H,2-6,11-13H2,1H3,(H,29,30,31). The first-order valence-corrected chi connectivity index (χ1v) is 12.4. The number of halogens is 3. The van der Waals surface area contributed by atoms with Gasteiger partial charge in [0.2, 0.25) is 11.8 Å². The molecule has 0 spiro atoms. The Bertz CT molecular complexity index is 1020. The molecule has 0 bridgehead atoms. The molecule has 1 saturated carbocycles. The molecule has 4 rings (SSSR count). The fourth-order valence-corrected chi connectivity index (χ4v) is 5.36. The number of aromatic nitrogens is 1. The van der Waals surface area contributed by atoms with Crippen LogP contribution in [0.2, 0.25) is 0 Å². The number of thioether (sulfide) groups is 1. The highest BCUT2D eigenvalue weighted by atomic mass is 32.2. The molecule has 1 N–H and O–H groups in total. The van der Waals surface area contributed by atoms with Crippen molar-refractivity contribution in [3.05, 3.63) is 41.3 Å². The first kappa shape index (κ1) is 24.8. The van der Waals surface area contributed by atoms with E-state index in [-0.39, 0.29) is 35.0 Å². The minimum Gasteiger partial charge on any atom is -0.441 e. The van der Waals surface area contributed by atoms with Gasteiger partial charge in [-0.05, 0) is 55.9 Å². The number of oxazole rings is 1. The van der Waals surface area contributed by atoms with Crippen molar-refractivity contribution in [1.29, 1.82) is 0 Å². The van der Waals surface area contributed by atoms with Gasteiger partial charge in [0.05, 0.1) is 23.5 Å². The van der Waals surface area contributed by atoms with Gasteiger partial charge in [-0.2, -0.15) is 13.2 Å². The summed E-state index contributed by atoms with van der Waals surface area (Å²) in [6.45, 7) is 2.21.